The Hall–Kier alpha value is -0.340. The van der Waals surface area contributed by atoms with Gasteiger partial charge < -0.3 is 5.32 Å². The predicted octanol–water partition coefficient (Wildman–Crippen LogP) is 4.54. The van der Waals surface area contributed by atoms with Crippen molar-refractivity contribution in [2.45, 2.75) is 39.7 Å². The van der Waals surface area contributed by atoms with E-state index in [1.54, 1.807) is 0 Å². The van der Waals surface area contributed by atoms with Crippen LogP contribution in [0.15, 0.2) is 28.7 Å². The fourth-order valence-corrected chi connectivity index (χ4v) is 2.11. The summed E-state index contributed by atoms with van der Waals surface area (Å²) >= 11 is 3.48. The van der Waals surface area contributed by atoms with E-state index in [0.717, 1.165) is 16.9 Å². The molecular formula is C14H22BrN. The van der Waals surface area contributed by atoms with Crippen LogP contribution in [-0.2, 0) is 0 Å². The van der Waals surface area contributed by atoms with Crippen LogP contribution in [0.5, 0.6) is 0 Å². The van der Waals surface area contributed by atoms with Crippen LogP contribution in [0, 0.1) is 5.92 Å². The van der Waals surface area contributed by atoms with Gasteiger partial charge in [-0.25, -0.2) is 0 Å². The van der Waals surface area contributed by atoms with Crippen LogP contribution in [0.3, 0.4) is 0 Å². The summed E-state index contributed by atoms with van der Waals surface area (Å²) in [7, 11) is 0. The lowest BCUT2D eigenvalue weighted by Crippen LogP contribution is -2.22. The second kappa shape index (κ2) is 7.08. The highest BCUT2D eigenvalue weighted by Crippen LogP contribution is 2.24. The highest BCUT2D eigenvalue weighted by atomic mass is 79.9. The number of halogens is 1. The molecule has 2 heteroatoms. The van der Waals surface area contributed by atoms with Gasteiger partial charge in [0.25, 0.3) is 0 Å². The van der Waals surface area contributed by atoms with Gasteiger partial charge in [0.2, 0.25) is 0 Å². The first-order valence-electron chi connectivity index (χ1n) is 6.16. The number of rotatable bonds is 6. The predicted molar refractivity (Wildman–Crippen MR) is 74.6 cm³/mol. The summed E-state index contributed by atoms with van der Waals surface area (Å²) in [6.45, 7) is 7.78. The first-order valence-corrected chi connectivity index (χ1v) is 6.95. The summed E-state index contributed by atoms with van der Waals surface area (Å²) in [5.41, 5.74) is 1.39. The molecule has 1 aromatic rings. The summed E-state index contributed by atoms with van der Waals surface area (Å²) in [6.07, 6.45) is 2.46. The molecule has 16 heavy (non-hydrogen) atoms. The number of hydrogen-bond acceptors (Lipinski definition) is 1. The van der Waals surface area contributed by atoms with Crippen LogP contribution < -0.4 is 5.32 Å². The van der Waals surface area contributed by atoms with Gasteiger partial charge >= 0.3 is 0 Å². The molecule has 0 aliphatic carbocycles. The molecule has 0 spiro atoms. The van der Waals surface area contributed by atoms with E-state index < -0.39 is 0 Å². The van der Waals surface area contributed by atoms with Crippen molar-refractivity contribution in [1.82, 2.24) is 5.32 Å². The van der Waals surface area contributed by atoms with Crippen LogP contribution >= 0.6 is 15.9 Å². The van der Waals surface area contributed by atoms with E-state index in [1.165, 1.54) is 18.4 Å². The monoisotopic (exact) mass is 283 g/mol. The molecule has 0 bridgehead atoms. The summed E-state index contributed by atoms with van der Waals surface area (Å²) < 4.78 is 1.15. The standard InChI is InChI=1S/C14H22BrN/c1-4-11(3)10-14(16-5-2)12-6-8-13(15)9-7-12/h6-9,11,14,16H,4-5,10H2,1-3H3. The van der Waals surface area contributed by atoms with Crippen molar-refractivity contribution in [1.29, 1.82) is 0 Å². The van der Waals surface area contributed by atoms with Crippen molar-refractivity contribution in [2.24, 2.45) is 5.92 Å². The maximum Gasteiger partial charge on any atom is 0.0322 e. The Morgan fingerprint density at radius 3 is 2.31 bits per heavy atom. The largest absolute Gasteiger partial charge is 0.310 e. The minimum atomic E-state index is 0.494. The van der Waals surface area contributed by atoms with Crippen LogP contribution in [0.25, 0.3) is 0 Å². The van der Waals surface area contributed by atoms with Gasteiger partial charge in [-0.3, -0.25) is 0 Å². The zero-order chi connectivity index (χ0) is 12.0. The average molecular weight is 284 g/mol. The van der Waals surface area contributed by atoms with E-state index in [0.29, 0.717) is 6.04 Å². The Bertz CT molecular complexity index is 294. The lowest BCUT2D eigenvalue weighted by molar-refractivity contribution is 0.408. The summed E-state index contributed by atoms with van der Waals surface area (Å²) in [4.78, 5) is 0. The van der Waals surface area contributed by atoms with E-state index >= 15 is 0 Å². The highest BCUT2D eigenvalue weighted by Gasteiger charge is 2.13. The normalized spacial score (nSPS) is 14.8. The molecule has 0 fully saturated rings. The molecule has 1 nitrogen and oxygen atoms in total. The van der Waals surface area contributed by atoms with Gasteiger partial charge in [-0.2, -0.15) is 0 Å². The Morgan fingerprint density at radius 2 is 1.81 bits per heavy atom. The summed E-state index contributed by atoms with van der Waals surface area (Å²) in [5, 5.41) is 3.57. The number of benzene rings is 1. The Labute approximate surface area is 108 Å². The van der Waals surface area contributed by atoms with Crippen molar-refractivity contribution >= 4 is 15.9 Å². The zero-order valence-electron chi connectivity index (χ0n) is 10.5. The molecule has 0 saturated heterocycles. The first kappa shape index (κ1) is 13.7. The molecule has 1 N–H and O–H groups in total. The van der Waals surface area contributed by atoms with E-state index in [1.807, 2.05) is 0 Å². The molecule has 0 heterocycles. The van der Waals surface area contributed by atoms with Crippen molar-refractivity contribution in [3.05, 3.63) is 34.3 Å². The molecule has 2 unspecified atom stereocenters. The minimum Gasteiger partial charge on any atom is -0.310 e. The molecular weight excluding hydrogens is 262 g/mol. The third-order valence-corrected chi connectivity index (χ3v) is 3.59. The van der Waals surface area contributed by atoms with Gasteiger partial charge in [-0.1, -0.05) is 55.3 Å². The second-order valence-corrected chi connectivity index (χ2v) is 5.33. The Balaban J connectivity index is 2.72. The van der Waals surface area contributed by atoms with Crippen molar-refractivity contribution in [3.63, 3.8) is 0 Å². The molecule has 0 saturated carbocycles. The fraction of sp³-hybridized carbons (Fsp3) is 0.571. The summed E-state index contributed by atoms with van der Waals surface area (Å²) in [6, 6.07) is 9.15. The molecule has 1 rings (SSSR count). The Kier molecular flexibility index (Phi) is 6.07. The molecule has 90 valence electrons. The number of hydrogen-bond donors (Lipinski definition) is 1. The zero-order valence-corrected chi connectivity index (χ0v) is 12.0. The van der Waals surface area contributed by atoms with Gasteiger partial charge in [0, 0.05) is 10.5 Å². The third kappa shape index (κ3) is 4.26. The molecule has 2 atom stereocenters. The second-order valence-electron chi connectivity index (χ2n) is 4.41. The average Bonchev–Trinajstić information content (AvgIpc) is 2.29. The molecule has 0 radical (unpaired) electrons. The molecule has 1 aromatic carbocycles. The van der Waals surface area contributed by atoms with Gasteiger partial charge in [-0.05, 0) is 36.6 Å². The van der Waals surface area contributed by atoms with Crippen LogP contribution in [0.1, 0.15) is 45.2 Å². The lowest BCUT2D eigenvalue weighted by atomic mass is 9.94. The Morgan fingerprint density at radius 1 is 1.19 bits per heavy atom. The SMILES string of the molecule is CCNC(CC(C)CC)c1ccc(Br)cc1. The van der Waals surface area contributed by atoms with Gasteiger partial charge in [-0.15, -0.1) is 0 Å². The maximum absolute atomic E-state index is 3.57. The van der Waals surface area contributed by atoms with E-state index in [-0.39, 0.29) is 0 Å². The van der Waals surface area contributed by atoms with Gasteiger partial charge in [0.05, 0.1) is 0 Å². The highest BCUT2D eigenvalue weighted by molar-refractivity contribution is 9.10. The van der Waals surface area contributed by atoms with Gasteiger partial charge in [0.15, 0.2) is 0 Å². The quantitative estimate of drug-likeness (QED) is 0.809. The first-order chi connectivity index (χ1) is 7.67. The number of nitrogens with one attached hydrogen (secondary N) is 1. The smallest absolute Gasteiger partial charge is 0.0322 e. The summed E-state index contributed by atoms with van der Waals surface area (Å²) in [5.74, 6) is 0.771. The fourth-order valence-electron chi connectivity index (χ4n) is 1.85. The third-order valence-electron chi connectivity index (χ3n) is 3.06. The maximum atomic E-state index is 3.57. The lowest BCUT2D eigenvalue weighted by Gasteiger charge is -2.21. The van der Waals surface area contributed by atoms with Crippen molar-refractivity contribution in [2.75, 3.05) is 6.54 Å². The van der Waals surface area contributed by atoms with E-state index in [2.05, 4.69) is 66.3 Å². The molecule has 0 aliphatic heterocycles. The molecule has 0 aliphatic rings. The van der Waals surface area contributed by atoms with Crippen molar-refractivity contribution < 1.29 is 0 Å². The van der Waals surface area contributed by atoms with Crippen LogP contribution in [0.4, 0.5) is 0 Å². The van der Waals surface area contributed by atoms with E-state index in [4.69, 9.17) is 0 Å². The van der Waals surface area contributed by atoms with Crippen molar-refractivity contribution in [3.8, 4) is 0 Å². The molecule has 0 amide bonds. The van der Waals surface area contributed by atoms with Crippen LogP contribution in [0.2, 0.25) is 0 Å². The molecule has 0 aromatic heterocycles. The minimum absolute atomic E-state index is 0.494. The topological polar surface area (TPSA) is 12.0 Å². The van der Waals surface area contributed by atoms with Gasteiger partial charge in [0.1, 0.15) is 0 Å². The van der Waals surface area contributed by atoms with Crippen LogP contribution in [-0.4, -0.2) is 6.54 Å². The van der Waals surface area contributed by atoms with E-state index in [9.17, 15) is 0 Å².